The second kappa shape index (κ2) is 44.5. The van der Waals surface area contributed by atoms with Gasteiger partial charge in [0.25, 0.3) is 0 Å². The Morgan fingerprint density at radius 1 is 0.486 bits per heavy atom. The van der Waals surface area contributed by atoms with Crippen molar-refractivity contribution in [1.29, 1.82) is 0 Å². The zero-order chi connectivity index (χ0) is 55.0. The molecule has 4 radical (unpaired) electrons. The van der Waals surface area contributed by atoms with Gasteiger partial charge in [0, 0.05) is 16.1 Å². The zero-order valence-corrected chi connectivity index (χ0v) is 63.7. The van der Waals surface area contributed by atoms with E-state index in [0.29, 0.717) is 0 Å². The van der Waals surface area contributed by atoms with Crippen LogP contribution in [0, 0.1) is 89.3 Å². The molecule has 70 heavy (non-hydrogen) atoms. The van der Waals surface area contributed by atoms with E-state index in [1.54, 1.807) is 41.4 Å². The van der Waals surface area contributed by atoms with Crippen LogP contribution in [0.3, 0.4) is 0 Å². The molecule has 4 rings (SSSR count). The fraction of sp³-hybridized carbons (Fsp3) is 0.462. The van der Waals surface area contributed by atoms with E-state index in [9.17, 15) is 0 Å². The molecule has 18 heteroatoms. The van der Waals surface area contributed by atoms with Crippen LogP contribution in [0.4, 0.5) is 0 Å². The molecule has 0 atom stereocenters. The van der Waals surface area contributed by atoms with Crippen molar-refractivity contribution >= 4 is 100 Å². The Labute approximate surface area is 510 Å². The molecule has 0 unspecified atom stereocenters. The van der Waals surface area contributed by atoms with Crippen LogP contribution in [0.5, 0.6) is 0 Å². The van der Waals surface area contributed by atoms with Gasteiger partial charge in [0.05, 0.1) is 48.4 Å². The number of hydrogen-bond donors (Lipinski definition) is 0. The molecule has 0 aromatic heterocycles. The van der Waals surface area contributed by atoms with Crippen molar-refractivity contribution in [2.45, 2.75) is 157 Å². The third-order valence-corrected chi connectivity index (χ3v) is 18.9. The Hall–Kier alpha value is 1.57. The van der Waals surface area contributed by atoms with Crippen LogP contribution in [0.25, 0.3) is 0 Å². The molecular weight excluding hydrogens is 1340 g/mol. The van der Waals surface area contributed by atoms with E-state index in [-0.39, 0.29) is 65.8 Å². The van der Waals surface area contributed by atoms with Crippen LogP contribution >= 0.6 is 20.3 Å². The van der Waals surface area contributed by atoms with Gasteiger partial charge in [-0.1, -0.05) is 170 Å². The first-order valence-corrected chi connectivity index (χ1v) is 54.3. The summed E-state index contributed by atoms with van der Waals surface area (Å²) in [5.41, 5.74) is 11.5. The van der Waals surface area contributed by atoms with Gasteiger partial charge < -0.3 is 54.3 Å². The summed E-state index contributed by atoms with van der Waals surface area (Å²) in [6.45, 7) is 53.4. The maximum absolute atomic E-state index is 8.49. The molecule has 1 aliphatic carbocycles. The second-order valence-electron chi connectivity index (χ2n) is 23.6. The van der Waals surface area contributed by atoms with Crippen molar-refractivity contribution in [3.63, 3.8) is 0 Å². The number of rotatable bonds is 4. The standard InChI is InChI=1S/4C8H13Si.4C5H9Si.Ag.ClHO4.Cu.HI.2Ti/c4*1-9(2,3)8-6-4-5-7-8;4*1-5-6(2,3)4;;2-1(3,4)5;;;;/h4*4-7H,1-3H3;4*2-4H3;;(H,2,3,4,5);;1H;;/q8*-1;+1;;+1;;2*+4/p-2. The minimum Gasteiger partial charge on any atom is -0.222 e. The normalized spacial score (nSPS) is 12.0. The maximum Gasteiger partial charge on any atom is 4.00 e. The van der Waals surface area contributed by atoms with Gasteiger partial charge in [-0.25, -0.2) is 54.2 Å². The van der Waals surface area contributed by atoms with Crippen LogP contribution in [0.2, 0.25) is 157 Å². The molecule has 0 spiro atoms. The minimum atomic E-state index is -4.94. The van der Waals surface area contributed by atoms with E-state index < -0.39 is 74.8 Å². The molecule has 0 saturated heterocycles. The molecule has 0 heterocycles. The van der Waals surface area contributed by atoms with Crippen molar-refractivity contribution in [1.82, 2.24) is 0 Å². The van der Waals surface area contributed by atoms with Gasteiger partial charge >= 0.3 is 98.9 Å². The summed E-state index contributed by atoms with van der Waals surface area (Å²) < 4.78 is 34.0. The summed E-state index contributed by atoms with van der Waals surface area (Å²) in [4.78, 5) is 0. The monoisotopic (exact) mass is 1430 g/mol. The van der Waals surface area contributed by atoms with E-state index >= 15 is 0 Å². The van der Waals surface area contributed by atoms with Gasteiger partial charge in [-0.2, -0.15) is 64.8 Å². The zero-order valence-electron chi connectivity index (χ0n) is 47.2. The van der Waals surface area contributed by atoms with Crippen LogP contribution in [0.1, 0.15) is 0 Å². The molecule has 1 saturated carbocycles. The SMILES string of the molecule is C[Si](C)(C)[C]1[CH][CH][CH][CH-]1.C[Si](C)(C)c1cc[cH-]c1.C[Si](C)(C)c1ccc[cH-]1.C[Si](C)(C)c1ccc[cH-]1.[Ag+].[C-]#C[Si](C)(C)C.[C-]#C[Si](C)(C)C.[C-]#C[Si](C)(C)C.[C-]#C[Si](C)(C)C.[Cu][I].[O-][Cl+3]([O-])([O-])[O-].[Ti+4].[Ti+4]. The molecule has 396 valence electrons. The van der Waals surface area contributed by atoms with Crippen LogP contribution in [-0.4, -0.2) is 64.6 Å². The average molecular weight is 1430 g/mol. The van der Waals surface area contributed by atoms with Gasteiger partial charge in [-0.05, 0) is 0 Å². The molecule has 1 fully saturated rings. The summed E-state index contributed by atoms with van der Waals surface area (Å²) in [5, 5.41) is 4.67. The van der Waals surface area contributed by atoms with Crippen molar-refractivity contribution in [3.8, 4) is 22.2 Å². The minimum absolute atomic E-state index is 0. The van der Waals surface area contributed by atoms with Gasteiger partial charge in [0.15, 0.2) is 0 Å². The van der Waals surface area contributed by atoms with E-state index in [2.05, 4.69) is 291 Å². The Balaban J connectivity index is -0.0000000853. The summed E-state index contributed by atoms with van der Waals surface area (Å²) in [5.74, 6) is 0. The van der Waals surface area contributed by atoms with E-state index in [4.69, 9.17) is 44.3 Å². The Kier molecular flexibility index (Phi) is 57.9. The van der Waals surface area contributed by atoms with E-state index in [1.165, 1.54) is 0 Å². The van der Waals surface area contributed by atoms with Crippen LogP contribution < -0.4 is 34.2 Å². The fourth-order valence-corrected chi connectivity index (χ4v) is 8.27. The Morgan fingerprint density at radius 2 is 0.757 bits per heavy atom. The first-order valence-electron chi connectivity index (χ1n) is 22.0. The number of hydrogen-bond acceptors (Lipinski definition) is 4. The van der Waals surface area contributed by atoms with Gasteiger partial charge in [0.2, 0.25) is 0 Å². The molecule has 4 nitrogen and oxygen atoms in total. The van der Waals surface area contributed by atoms with Crippen molar-refractivity contribution < 1.29 is 107 Å². The Morgan fingerprint density at radius 3 is 0.843 bits per heavy atom. The first-order chi connectivity index (χ1) is 29.7. The second-order valence-corrected chi connectivity index (χ2v) is 63.6. The number of halogens is 2. The fourth-order valence-electron chi connectivity index (χ4n) is 3.50. The smallest absolute Gasteiger partial charge is 0.222 e. The molecule has 3 aromatic carbocycles. The molecule has 3 aromatic rings. The van der Waals surface area contributed by atoms with Crippen molar-refractivity contribution in [3.05, 3.63) is 130 Å². The van der Waals surface area contributed by atoms with E-state index in [0.717, 1.165) is 0 Å². The predicted molar refractivity (Wildman–Crippen MR) is 315 cm³/mol. The summed E-state index contributed by atoms with van der Waals surface area (Å²) >= 11 is 5.87. The maximum atomic E-state index is 8.49. The third-order valence-electron chi connectivity index (χ3n) is 7.61. The van der Waals surface area contributed by atoms with E-state index in [1.807, 2.05) is 0 Å². The summed E-state index contributed by atoms with van der Waals surface area (Å²) in [7, 11) is -13.7. The third kappa shape index (κ3) is 76.1. The molecule has 0 amide bonds. The molecule has 1 aliphatic rings. The Bertz CT molecular complexity index is 1570. The molecule has 0 bridgehead atoms. The predicted octanol–water partition coefficient (Wildman–Crippen LogP) is 10.1. The largest absolute Gasteiger partial charge is 4.00 e. The van der Waals surface area contributed by atoms with Crippen molar-refractivity contribution in [2.75, 3.05) is 0 Å². The van der Waals surface area contributed by atoms with Crippen molar-refractivity contribution in [2.24, 2.45) is 0 Å². The van der Waals surface area contributed by atoms with Gasteiger partial charge in [0.1, 0.15) is 0 Å². The average Bonchev–Trinajstić information content (AvgIpc) is 3.98. The van der Waals surface area contributed by atoms with Crippen LogP contribution in [-0.2, 0) is 78.6 Å². The van der Waals surface area contributed by atoms with Gasteiger partial charge in [-0.15, -0.1) is 10.2 Å². The molecule has 0 aliphatic heterocycles. The topological polar surface area (TPSA) is 92.2 Å². The first kappa shape index (κ1) is 91.0. The van der Waals surface area contributed by atoms with Gasteiger partial charge in [-0.3, -0.25) is 0 Å². The summed E-state index contributed by atoms with van der Waals surface area (Å²) in [6.07, 6.45) is 35.4. The quantitative estimate of drug-likeness (QED) is 0.113. The molecular formula is C52H88AgClCuIO4Si8Ti2. The summed E-state index contributed by atoms with van der Waals surface area (Å²) in [6, 6.07) is 26.1. The van der Waals surface area contributed by atoms with Crippen LogP contribution in [0.15, 0.2) is 72.8 Å². The molecule has 0 N–H and O–H groups in total.